The number of amides is 2. The Morgan fingerprint density at radius 2 is 2.10 bits per heavy atom. The Bertz CT molecular complexity index is 504. The van der Waals surface area contributed by atoms with Crippen molar-refractivity contribution in [3.05, 3.63) is 29.8 Å². The summed E-state index contributed by atoms with van der Waals surface area (Å²) in [6, 6.07) is 7.77. The summed E-state index contributed by atoms with van der Waals surface area (Å²) in [5.41, 5.74) is 2.14. The van der Waals surface area contributed by atoms with Crippen LogP contribution >= 0.6 is 0 Å². The van der Waals surface area contributed by atoms with E-state index in [1.165, 1.54) is 5.56 Å². The second kappa shape index (κ2) is 7.64. The fraction of sp³-hybridized carbons (Fsp3) is 0.467. The van der Waals surface area contributed by atoms with Crippen LogP contribution in [0, 0.1) is 0 Å². The molecule has 0 bridgehead atoms. The third-order valence-electron chi connectivity index (χ3n) is 3.35. The molecule has 2 rings (SSSR count). The maximum absolute atomic E-state index is 12.3. The molecule has 1 aliphatic heterocycles. The predicted octanol–water partition coefficient (Wildman–Crippen LogP) is 1.64. The summed E-state index contributed by atoms with van der Waals surface area (Å²) >= 11 is 0. The molecule has 1 aliphatic rings. The van der Waals surface area contributed by atoms with Gasteiger partial charge in [-0.05, 0) is 30.9 Å². The van der Waals surface area contributed by atoms with Crippen LogP contribution in [0.15, 0.2) is 24.3 Å². The van der Waals surface area contributed by atoms with E-state index in [2.05, 4.69) is 11.4 Å². The Balaban J connectivity index is 1.88. The van der Waals surface area contributed by atoms with Crippen LogP contribution in [0.5, 0.6) is 0 Å². The molecule has 6 nitrogen and oxygen atoms in total. The van der Waals surface area contributed by atoms with Gasteiger partial charge in [0.15, 0.2) is 0 Å². The second-order valence-corrected chi connectivity index (χ2v) is 4.92. The number of anilines is 1. The number of urea groups is 1. The summed E-state index contributed by atoms with van der Waals surface area (Å²) < 4.78 is 4.89. The van der Waals surface area contributed by atoms with E-state index in [0.717, 1.165) is 24.9 Å². The average Bonchev–Trinajstić information content (AvgIpc) is 2.68. The van der Waals surface area contributed by atoms with Gasteiger partial charge in [-0.15, -0.1) is 0 Å². The molecule has 1 aromatic carbocycles. The number of rotatable bonds is 5. The lowest BCUT2D eigenvalue weighted by atomic mass is 10.1. The smallest absolute Gasteiger partial charge is 0.329 e. The zero-order chi connectivity index (χ0) is 15.1. The number of nitrogens with one attached hydrogen (secondary N) is 1. The first-order valence-electron chi connectivity index (χ1n) is 7.11. The standard InChI is InChI=1S/C15H20N2O4/c18-14(19)11-21-10-8-16-15(20)17-9-4-3-6-12-5-1-2-7-13(12)17/h1-2,5,7H,3-4,6,8-11H2,(H,16,20)(H,18,19). The highest BCUT2D eigenvalue weighted by atomic mass is 16.5. The van der Waals surface area contributed by atoms with Gasteiger partial charge in [0.05, 0.1) is 6.61 Å². The summed E-state index contributed by atoms with van der Waals surface area (Å²) in [5.74, 6) is -1.01. The van der Waals surface area contributed by atoms with Gasteiger partial charge in [0, 0.05) is 18.8 Å². The third kappa shape index (κ3) is 4.46. The van der Waals surface area contributed by atoms with Crippen LogP contribution in [0.2, 0.25) is 0 Å². The minimum atomic E-state index is -1.01. The predicted molar refractivity (Wildman–Crippen MR) is 78.6 cm³/mol. The van der Waals surface area contributed by atoms with Gasteiger partial charge in [-0.3, -0.25) is 4.90 Å². The maximum atomic E-state index is 12.3. The lowest BCUT2D eigenvalue weighted by Gasteiger charge is -2.23. The number of nitrogens with zero attached hydrogens (tertiary/aromatic N) is 1. The molecule has 2 N–H and O–H groups in total. The highest BCUT2D eigenvalue weighted by Crippen LogP contribution is 2.25. The Morgan fingerprint density at radius 1 is 1.29 bits per heavy atom. The van der Waals surface area contributed by atoms with Crippen LogP contribution in [0.3, 0.4) is 0 Å². The van der Waals surface area contributed by atoms with Crippen molar-refractivity contribution in [2.45, 2.75) is 19.3 Å². The zero-order valence-corrected chi connectivity index (χ0v) is 11.9. The Morgan fingerprint density at radius 3 is 2.90 bits per heavy atom. The lowest BCUT2D eigenvalue weighted by Crippen LogP contribution is -2.42. The molecule has 1 heterocycles. The van der Waals surface area contributed by atoms with Crippen molar-refractivity contribution >= 4 is 17.7 Å². The summed E-state index contributed by atoms with van der Waals surface area (Å²) in [6.07, 6.45) is 3.03. The Kier molecular flexibility index (Phi) is 5.57. The monoisotopic (exact) mass is 292 g/mol. The van der Waals surface area contributed by atoms with Crippen molar-refractivity contribution < 1.29 is 19.4 Å². The van der Waals surface area contributed by atoms with Gasteiger partial charge >= 0.3 is 12.0 Å². The number of aliphatic carboxylic acids is 1. The normalized spacial score (nSPS) is 14.2. The molecule has 0 saturated heterocycles. The molecule has 0 atom stereocenters. The van der Waals surface area contributed by atoms with Crippen LogP contribution in [0.4, 0.5) is 10.5 Å². The van der Waals surface area contributed by atoms with Crippen molar-refractivity contribution in [3.63, 3.8) is 0 Å². The van der Waals surface area contributed by atoms with Crippen molar-refractivity contribution in [2.75, 3.05) is 31.2 Å². The maximum Gasteiger partial charge on any atom is 0.329 e. The largest absolute Gasteiger partial charge is 0.480 e. The molecular formula is C15H20N2O4. The Hall–Kier alpha value is -2.08. The molecule has 0 saturated carbocycles. The first-order valence-corrected chi connectivity index (χ1v) is 7.11. The van der Waals surface area contributed by atoms with Crippen molar-refractivity contribution in [3.8, 4) is 0 Å². The van der Waals surface area contributed by atoms with Gasteiger partial charge in [0.2, 0.25) is 0 Å². The number of fused-ring (bicyclic) bond motifs is 1. The fourth-order valence-corrected chi connectivity index (χ4v) is 2.39. The number of hydrogen-bond acceptors (Lipinski definition) is 3. The summed E-state index contributed by atoms with van der Waals surface area (Å²) in [4.78, 5) is 24.3. The van der Waals surface area contributed by atoms with Crippen LogP contribution in [-0.4, -0.2) is 43.4 Å². The van der Waals surface area contributed by atoms with E-state index in [4.69, 9.17) is 9.84 Å². The van der Waals surface area contributed by atoms with E-state index in [-0.39, 0.29) is 19.2 Å². The molecule has 1 aromatic rings. The number of carboxylic acids is 1. The fourth-order valence-electron chi connectivity index (χ4n) is 2.39. The van der Waals surface area contributed by atoms with Crippen LogP contribution < -0.4 is 10.2 Å². The molecule has 21 heavy (non-hydrogen) atoms. The van der Waals surface area contributed by atoms with Gasteiger partial charge in [0.1, 0.15) is 6.61 Å². The van der Waals surface area contributed by atoms with Crippen molar-refractivity contribution in [1.29, 1.82) is 0 Å². The van der Waals surface area contributed by atoms with E-state index in [0.29, 0.717) is 13.1 Å². The quantitative estimate of drug-likeness (QED) is 0.809. The number of aryl methyl sites for hydroxylation is 1. The molecule has 0 aliphatic carbocycles. The van der Waals surface area contributed by atoms with Gasteiger partial charge < -0.3 is 15.2 Å². The number of para-hydroxylation sites is 1. The second-order valence-electron chi connectivity index (χ2n) is 4.92. The van der Waals surface area contributed by atoms with Crippen molar-refractivity contribution in [1.82, 2.24) is 5.32 Å². The molecule has 0 spiro atoms. The SMILES string of the molecule is O=C(O)COCCNC(=O)N1CCCCc2ccccc21. The van der Waals surface area contributed by atoms with E-state index in [1.807, 2.05) is 18.2 Å². The number of ether oxygens (including phenoxy) is 1. The highest BCUT2D eigenvalue weighted by Gasteiger charge is 2.20. The molecule has 0 unspecified atom stereocenters. The third-order valence-corrected chi connectivity index (χ3v) is 3.35. The number of carbonyl (C=O) groups excluding carboxylic acids is 1. The Labute approximate surface area is 123 Å². The molecular weight excluding hydrogens is 272 g/mol. The molecule has 114 valence electrons. The minimum absolute atomic E-state index is 0.164. The zero-order valence-electron chi connectivity index (χ0n) is 11.9. The van der Waals surface area contributed by atoms with Gasteiger partial charge in [-0.1, -0.05) is 18.2 Å². The lowest BCUT2D eigenvalue weighted by molar-refractivity contribution is -0.142. The van der Waals surface area contributed by atoms with Gasteiger partial charge in [-0.25, -0.2) is 9.59 Å². The first-order chi connectivity index (χ1) is 10.2. The molecule has 6 heteroatoms. The van der Waals surface area contributed by atoms with E-state index < -0.39 is 5.97 Å². The van der Waals surface area contributed by atoms with E-state index in [9.17, 15) is 9.59 Å². The van der Waals surface area contributed by atoms with E-state index >= 15 is 0 Å². The van der Waals surface area contributed by atoms with Gasteiger partial charge in [0.25, 0.3) is 0 Å². The molecule has 0 fully saturated rings. The van der Waals surface area contributed by atoms with Crippen LogP contribution in [0.25, 0.3) is 0 Å². The molecule has 0 radical (unpaired) electrons. The van der Waals surface area contributed by atoms with Crippen molar-refractivity contribution in [2.24, 2.45) is 0 Å². The van der Waals surface area contributed by atoms with Crippen LogP contribution in [-0.2, 0) is 16.0 Å². The summed E-state index contributed by atoms with van der Waals surface area (Å²) in [6.45, 7) is 0.833. The summed E-state index contributed by atoms with van der Waals surface area (Å²) in [5, 5.41) is 11.2. The minimum Gasteiger partial charge on any atom is -0.480 e. The number of carboxylic acid groups (broad SMARTS) is 1. The number of carbonyl (C=O) groups is 2. The highest BCUT2D eigenvalue weighted by molar-refractivity contribution is 5.92. The molecule has 2 amide bonds. The average molecular weight is 292 g/mol. The number of benzene rings is 1. The number of hydrogen-bond donors (Lipinski definition) is 2. The molecule has 0 aromatic heterocycles. The summed E-state index contributed by atoms with van der Waals surface area (Å²) in [7, 11) is 0. The van der Waals surface area contributed by atoms with Crippen LogP contribution in [0.1, 0.15) is 18.4 Å². The first kappa shape index (κ1) is 15.3. The van der Waals surface area contributed by atoms with Gasteiger partial charge in [-0.2, -0.15) is 0 Å². The van der Waals surface area contributed by atoms with E-state index in [1.54, 1.807) is 4.90 Å². The topological polar surface area (TPSA) is 78.9 Å².